The summed E-state index contributed by atoms with van der Waals surface area (Å²) >= 11 is 0. The second-order valence-corrected chi connectivity index (χ2v) is 4.16. The van der Waals surface area contributed by atoms with Gasteiger partial charge in [0.05, 0.1) is 0 Å². The van der Waals surface area contributed by atoms with Crippen LogP contribution in [0.3, 0.4) is 0 Å². The molecule has 0 radical (unpaired) electrons. The van der Waals surface area contributed by atoms with E-state index in [1.54, 1.807) is 0 Å². The van der Waals surface area contributed by atoms with Crippen molar-refractivity contribution in [3.8, 4) is 0 Å². The quantitative estimate of drug-likeness (QED) is 0.742. The fourth-order valence-corrected chi connectivity index (χ4v) is 1.90. The number of hydrogen-bond acceptors (Lipinski definition) is 3. The molecule has 1 aliphatic rings. The van der Waals surface area contributed by atoms with Gasteiger partial charge in [-0.2, -0.15) is 0 Å². The molecule has 0 unspecified atom stereocenters. The van der Waals surface area contributed by atoms with Crippen LogP contribution in [0.25, 0.3) is 5.57 Å². The Hall–Kier alpha value is -1.38. The average Bonchev–Trinajstić information content (AvgIpc) is 2.65. The third-order valence-corrected chi connectivity index (χ3v) is 2.66. The lowest BCUT2D eigenvalue weighted by atomic mass is 9.89. The lowest BCUT2D eigenvalue weighted by molar-refractivity contribution is 0.504. The molecule has 2 rings (SSSR count). The van der Waals surface area contributed by atoms with Gasteiger partial charge in [0.1, 0.15) is 0 Å². The summed E-state index contributed by atoms with van der Waals surface area (Å²) in [6.07, 6.45) is 6.49. The maximum atomic E-state index is 5.47. The molecule has 0 atom stereocenters. The monoisotopic (exact) mass is 204 g/mol. The van der Waals surface area contributed by atoms with Crippen LogP contribution in [0.1, 0.15) is 38.5 Å². The Morgan fingerprint density at radius 2 is 2.13 bits per heavy atom. The van der Waals surface area contributed by atoms with Crippen molar-refractivity contribution in [2.75, 3.05) is 0 Å². The Balaban J connectivity index is 2.44. The number of rotatable bonds is 2. The maximum Gasteiger partial charge on any atom is 0.247 e. The molecule has 0 aromatic carbocycles. The molecule has 0 bridgehead atoms. The fraction of sp³-hybridized carbons (Fsp3) is 0.500. The molecule has 1 aromatic heterocycles. The maximum absolute atomic E-state index is 5.47. The van der Waals surface area contributed by atoms with E-state index < -0.39 is 0 Å². The van der Waals surface area contributed by atoms with Crippen molar-refractivity contribution in [2.45, 2.75) is 33.6 Å². The van der Waals surface area contributed by atoms with Gasteiger partial charge in [0.15, 0.2) is 0 Å². The molecule has 0 saturated carbocycles. The van der Waals surface area contributed by atoms with Crippen LogP contribution in [-0.4, -0.2) is 10.2 Å². The Labute approximate surface area is 89.9 Å². The fourth-order valence-electron chi connectivity index (χ4n) is 1.90. The van der Waals surface area contributed by atoms with Crippen molar-refractivity contribution < 1.29 is 4.42 Å². The van der Waals surface area contributed by atoms with E-state index in [-0.39, 0.29) is 0 Å². The first-order valence-electron chi connectivity index (χ1n) is 5.38. The molecule has 1 aromatic rings. The van der Waals surface area contributed by atoms with E-state index in [9.17, 15) is 0 Å². The second kappa shape index (κ2) is 4.01. The van der Waals surface area contributed by atoms with E-state index >= 15 is 0 Å². The Bertz CT molecular complexity index is 413. The summed E-state index contributed by atoms with van der Waals surface area (Å²) in [5.74, 6) is 1.82. The van der Waals surface area contributed by atoms with Crippen molar-refractivity contribution in [3.63, 3.8) is 0 Å². The molecular formula is C12H16N2O. The Kier molecular flexibility index (Phi) is 2.71. The summed E-state index contributed by atoms with van der Waals surface area (Å²) in [7, 11) is 0. The third kappa shape index (κ3) is 2.01. The first kappa shape index (κ1) is 10.1. The molecule has 1 heterocycles. The molecule has 0 N–H and O–H groups in total. The molecule has 15 heavy (non-hydrogen) atoms. The first-order chi connectivity index (χ1) is 7.18. The van der Waals surface area contributed by atoms with Crippen molar-refractivity contribution in [1.29, 1.82) is 0 Å². The van der Waals surface area contributed by atoms with Crippen LogP contribution in [0.15, 0.2) is 22.1 Å². The smallest absolute Gasteiger partial charge is 0.247 e. The van der Waals surface area contributed by atoms with E-state index in [2.05, 4.69) is 36.2 Å². The summed E-state index contributed by atoms with van der Waals surface area (Å²) in [4.78, 5) is 0. The molecular weight excluding hydrogens is 188 g/mol. The number of hydrogen-bond donors (Lipinski definition) is 0. The molecule has 0 aliphatic heterocycles. The third-order valence-electron chi connectivity index (χ3n) is 2.66. The molecule has 0 saturated heterocycles. The predicted molar refractivity (Wildman–Crippen MR) is 59.2 cm³/mol. The summed E-state index contributed by atoms with van der Waals surface area (Å²) in [6.45, 7) is 6.23. The van der Waals surface area contributed by atoms with Gasteiger partial charge in [0, 0.05) is 12.5 Å². The minimum Gasteiger partial charge on any atom is -0.421 e. The van der Waals surface area contributed by atoms with Crippen molar-refractivity contribution >= 4 is 5.57 Å². The van der Waals surface area contributed by atoms with Crippen LogP contribution >= 0.6 is 0 Å². The summed E-state index contributed by atoms with van der Waals surface area (Å²) < 4.78 is 5.47. The molecule has 80 valence electrons. The molecule has 0 amide bonds. The standard InChI is InChI=1S/C12H16N2O/c1-8(2)10-6-4-5-7-11(10)12-14-13-9(3)15-12/h5,7-8H,4,6H2,1-3H3. The van der Waals surface area contributed by atoms with Gasteiger partial charge in [-0.15, -0.1) is 10.2 Å². The molecule has 3 heteroatoms. The van der Waals surface area contributed by atoms with E-state index in [1.165, 1.54) is 5.57 Å². The van der Waals surface area contributed by atoms with Crippen LogP contribution in [0, 0.1) is 12.8 Å². The highest BCUT2D eigenvalue weighted by atomic mass is 16.4. The minimum absolute atomic E-state index is 0.539. The molecule has 0 fully saturated rings. The average molecular weight is 204 g/mol. The number of allylic oxidation sites excluding steroid dienone is 4. The van der Waals surface area contributed by atoms with E-state index in [4.69, 9.17) is 4.42 Å². The van der Waals surface area contributed by atoms with Crippen molar-refractivity contribution in [1.82, 2.24) is 10.2 Å². The normalized spacial score (nSPS) is 16.5. The Morgan fingerprint density at radius 1 is 1.33 bits per heavy atom. The number of aryl methyl sites for hydroxylation is 1. The van der Waals surface area contributed by atoms with Crippen LogP contribution in [0.2, 0.25) is 0 Å². The van der Waals surface area contributed by atoms with Gasteiger partial charge in [-0.25, -0.2) is 0 Å². The van der Waals surface area contributed by atoms with Gasteiger partial charge >= 0.3 is 0 Å². The van der Waals surface area contributed by atoms with Crippen LogP contribution in [0.4, 0.5) is 0 Å². The zero-order valence-electron chi connectivity index (χ0n) is 9.45. The highest BCUT2D eigenvalue weighted by Crippen LogP contribution is 2.31. The van der Waals surface area contributed by atoms with Gasteiger partial charge < -0.3 is 4.42 Å². The predicted octanol–water partition coefficient (Wildman–Crippen LogP) is 3.14. The topological polar surface area (TPSA) is 38.9 Å². The summed E-state index contributed by atoms with van der Waals surface area (Å²) in [6, 6.07) is 0. The van der Waals surface area contributed by atoms with Crippen LogP contribution in [-0.2, 0) is 0 Å². The first-order valence-corrected chi connectivity index (χ1v) is 5.38. The van der Waals surface area contributed by atoms with Gasteiger partial charge in [-0.05, 0) is 18.8 Å². The highest BCUT2D eigenvalue weighted by molar-refractivity contribution is 5.72. The Morgan fingerprint density at radius 3 is 2.73 bits per heavy atom. The van der Waals surface area contributed by atoms with E-state index in [0.717, 1.165) is 18.4 Å². The second-order valence-electron chi connectivity index (χ2n) is 4.16. The van der Waals surface area contributed by atoms with E-state index in [1.807, 2.05) is 6.92 Å². The lowest BCUT2D eigenvalue weighted by Gasteiger charge is -2.16. The number of nitrogens with zero attached hydrogens (tertiary/aromatic N) is 2. The molecule has 1 aliphatic carbocycles. The zero-order chi connectivity index (χ0) is 10.8. The number of aromatic nitrogens is 2. The van der Waals surface area contributed by atoms with E-state index in [0.29, 0.717) is 17.7 Å². The zero-order valence-corrected chi connectivity index (χ0v) is 9.45. The summed E-state index contributed by atoms with van der Waals surface area (Å²) in [5.41, 5.74) is 2.54. The van der Waals surface area contributed by atoms with Crippen LogP contribution in [0.5, 0.6) is 0 Å². The van der Waals surface area contributed by atoms with Crippen molar-refractivity contribution in [2.24, 2.45) is 5.92 Å². The highest BCUT2D eigenvalue weighted by Gasteiger charge is 2.17. The van der Waals surface area contributed by atoms with Crippen molar-refractivity contribution in [3.05, 3.63) is 29.5 Å². The van der Waals surface area contributed by atoms with Gasteiger partial charge in [0.2, 0.25) is 11.8 Å². The minimum atomic E-state index is 0.539. The lowest BCUT2D eigenvalue weighted by Crippen LogP contribution is -2.01. The molecule has 3 nitrogen and oxygen atoms in total. The van der Waals surface area contributed by atoms with Gasteiger partial charge in [0.25, 0.3) is 0 Å². The van der Waals surface area contributed by atoms with Gasteiger partial charge in [-0.1, -0.05) is 31.6 Å². The van der Waals surface area contributed by atoms with Gasteiger partial charge in [-0.3, -0.25) is 0 Å². The SMILES string of the molecule is Cc1nnc(C2=C(C(C)C)CCC=C2)o1. The largest absolute Gasteiger partial charge is 0.421 e. The molecule has 0 spiro atoms. The summed E-state index contributed by atoms with van der Waals surface area (Å²) in [5, 5.41) is 7.95. The van der Waals surface area contributed by atoms with Crippen LogP contribution < -0.4 is 0 Å².